The number of benzene rings is 2. The van der Waals surface area contributed by atoms with Crippen molar-refractivity contribution in [3.63, 3.8) is 0 Å². The van der Waals surface area contributed by atoms with E-state index in [4.69, 9.17) is 0 Å². The molecule has 0 radical (unpaired) electrons. The fourth-order valence-electron chi connectivity index (χ4n) is 2.83. The average molecular weight is 315 g/mol. The lowest BCUT2D eigenvalue weighted by atomic mass is 10.0. The Morgan fingerprint density at radius 1 is 0.958 bits per heavy atom. The summed E-state index contributed by atoms with van der Waals surface area (Å²) in [6.45, 7) is 0. The van der Waals surface area contributed by atoms with E-state index < -0.39 is 0 Å². The van der Waals surface area contributed by atoms with Crippen LogP contribution in [-0.2, 0) is 0 Å². The zero-order chi connectivity index (χ0) is 16.5. The third-order valence-electron chi connectivity index (χ3n) is 4.01. The number of fused-ring (bicyclic) bond motifs is 1. The van der Waals surface area contributed by atoms with Crippen LogP contribution in [0.4, 0.5) is 5.69 Å². The van der Waals surface area contributed by atoms with Crippen molar-refractivity contribution < 1.29 is 4.92 Å². The minimum atomic E-state index is -0.375. The Morgan fingerprint density at radius 2 is 1.83 bits per heavy atom. The lowest BCUT2D eigenvalue weighted by Gasteiger charge is -2.07. The van der Waals surface area contributed by atoms with E-state index in [-0.39, 0.29) is 10.6 Å². The van der Waals surface area contributed by atoms with Crippen molar-refractivity contribution in [2.75, 3.05) is 0 Å². The number of nitro groups is 1. The average Bonchev–Trinajstić information content (AvgIpc) is 3.05. The van der Waals surface area contributed by atoms with E-state index in [0.717, 1.165) is 27.7 Å². The van der Waals surface area contributed by atoms with Gasteiger partial charge in [-0.3, -0.25) is 15.1 Å². The molecular weight excluding hydrogens is 302 g/mol. The standard InChI is InChI=1S/C19H13N3O2/c23-22(24)17-4-1-3-15(11-17)16-7-6-14-8-10-21(19(14)12-16)18-5-2-9-20-13-18/h1-13H. The second-order valence-corrected chi connectivity index (χ2v) is 5.48. The lowest BCUT2D eigenvalue weighted by Crippen LogP contribution is -1.92. The molecule has 0 amide bonds. The zero-order valence-electron chi connectivity index (χ0n) is 12.7. The molecule has 116 valence electrons. The SMILES string of the molecule is O=[N+]([O-])c1cccc(-c2ccc3ccn(-c4cccnc4)c3c2)c1. The smallest absolute Gasteiger partial charge is 0.270 e. The molecule has 0 saturated carbocycles. The van der Waals surface area contributed by atoms with Crippen LogP contribution in [0, 0.1) is 10.1 Å². The summed E-state index contributed by atoms with van der Waals surface area (Å²) in [5.41, 5.74) is 3.87. The van der Waals surface area contributed by atoms with Crippen molar-refractivity contribution in [3.8, 4) is 16.8 Å². The number of nitro benzene ring substituents is 1. The maximum absolute atomic E-state index is 11.0. The van der Waals surface area contributed by atoms with Gasteiger partial charge in [0.1, 0.15) is 0 Å². The zero-order valence-corrected chi connectivity index (χ0v) is 12.7. The Hall–Kier alpha value is -3.47. The number of hydrogen-bond donors (Lipinski definition) is 0. The van der Waals surface area contributed by atoms with Crippen molar-refractivity contribution in [2.45, 2.75) is 0 Å². The van der Waals surface area contributed by atoms with Crippen molar-refractivity contribution in [1.82, 2.24) is 9.55 Å². The Balaban J connectivity index is 1.86. The van der Waals surface area contributed by atoms with Gasteiger partial charge >= 0.3 is 0 Å². The van der Waals surface area contributed by atoms with E-state index in [1.807, 2.05) is 48.7 Å². The molecule has 5 heteroatoms. The van der Waals surface area contributed by atoms with Gasteiger partial charge in [0.25, 0.3) is 5.69 Å². The first-order chi connectivity index (χ1) is 11.7. The number of hydrogen-bond acceptors (Lipinski definition) is 3. The predicted molar refractivity (Wildman–Crippen MR) is 93.2 cm³/mol. The summed E-state index contributed by atoms with van der Waals surface area (Å²) < 4.78 is 2.06. The molecule has 0 spiro atoms. The van der Waals surface area contributed by atoms with Gasteiger partial charge in [0.2, 0.25) is 0 Å². The van der Waals surface area contributed by atoms with E-state index in [2.05, 4.69) is 9.55 Å². The topological polar surface area (TPSA) is 61.0 Å². The maximum atomic E-state index is 11.0. The van der Waals surface area contributed by atoms with E-state index >= 15 is 0 Å². The molecule has 0 fully saturated rings. The van der Waals surface area contributed by atoms with Crippen molar-refractivity contribution in [2.24, 2.45) is 0 Å². The van der Waals surface area contributed by atoms with Crippen LogP contribution >= 0.6 is 0 Å². The van der Waals surface area contributed by atoms with Crippen LogP contribution < -0.4 is 0 Å². The molecule has 0 saturated heterocycles. The van der Waals surface area contributed by atoms with Crippen molar-refractivity contribution in [3.05, 3.63) is 89.4 Å². The molecule has 2 aromatic carbocycles. The lowest BCUT2D eigenvalue weighted by molar-refractivity contribution is -0.384. The highest BCUT2D eigenvalue weighted by molar-refractivity contribution is 5.87. The van der Waals surface area contributed by atoms with Gasteiger partial charge in [0.15, 0.2) is 0 Å². The first kappa shape index (κ1) is 14.1. The summed E-state index contributed by atoms with van der Waals surface area (Å²) in [4.78, 5) is 14.8. The molecule has 0 aliphatic carbocycles. The van der Waals surface area contributed by atoms with Gasteiger partial charge in [0.05, 0.1) is 22.3 Å². The molecule has 0 N–H and O–H groups in total. The minimum Gasteiger partial charge on any atom is -0.315 e. The quantitative estimate of drug-likeness (QED) is 0.410. The van der Waals surface area contributed by atoms with E-state index in [1.54, 1.807) is 24.5 Å². The van der Waals surface area contributed by atoms with Gasteiger partial charge in [0, 0.05) is 24.5 Å². The Bertz CT molecular complexity index is 1040. The van der Waals surface area contributed by atoms with Gasteiger partial charge in [-0.05, 0) is 40.8 Å². The number of aromatic nitrogens is 2. The number of nitrogens with zero attached hydrogens (tertiary/aromatic N) is 3. The van der Waals surface area contributed by atoms with Gasteiger partial charge in [-0.2, -0.15) is 0 Å². The molecule has 5 nitrogen and oxygen atoms in total. The first-order valence-corrected chi connectivity index (χ1v) is 7.49. The van der Waals surface area contributed by atoms with E-state index in [1.165, 1.54) is 6.07 Å². The Labute approximate surface area is 138 Å². The van der Waals surface area contributed by atoms with Crippen molar-refractivity contribution in [1.29, 1.82) is 0 Å². The summed E-state index contributed by atoms with van der Waals surface area (Å²) in [7, 11) is 0. The van der Waals surface area contributed by atoms with Gasteiger partial charge in [-0.25, -0.2) is 0 Å². The maximum Gasteiger partial charge on any atom is 0.270 e. The van der Waals surface area contributed by atoms with E-state index in [0.29, 0.717) is 0 Å². The predicted octanol–water partition coefficient (Wildman–Crippen LogP) is 4.60. The van der Waals surface area contributed by atoms with Crippen LogP contribution in [0.1, 0.15) is 0 Å². The van der Waals surface area contributed by atoms with Gasteiger partial charge in [-0.15, -0.1) is 0 Å². The molecule has 4 aromatic rings. The summed E-state index contributed by atoms with van der Waals surface area (Å²) in [6.07, 6.45) is 5.54. The highest BCUT2D eigenvalue weighted by atomic mass is 16.6. The molecule has 2 heterocycles. The Morgan fingerprint density at radius 3 is 2.62 bits per heavy atom. The third kappa shape index (κ3) is 2.42. The number of pyridine rings is 1. The molecule has 4 rings (SSSR count). The molecule has 0 atom stereocenters. The van der Waals surface area contributed by atoms with Crippen LogP contribution in [0.15, 0.2) is 79.3 Å². The fraction of sp³-hybridized carbons (Fsp3) is 0. The minimum absolute atomic E-state index is 0.0928. The normalized spacial score (nSPS) is 10.8. The van der Waals surface area contributed by atoms with Crippen molar-refractivity contribution >= 4 is 16.6 Å². The van der Waals surface area contributed by atoms with Gasteiger partial charge in [-0.1, -0.05) is 24.3 Å². The second-order valence-electron chi connectivity index (χ2n) is 5.48. The van der Waals surface area contributed by atoms with Crippen LogP contribution in [0.3, 0.4) is 0 Å². The molecular formula is C19H13N3O2. The van der Waals surface area contributed by atoms with Crippen LogP contribution in [0.5, 0.6) is 0 Å². The fourth-order valence-corrected chi connectivity index (χ4v) is 2.83. The first-order valence-electron chi connectivity index (χ1n) is 7.49. The molecule has 0 bridgehead atoms. The summed E-state index contributed by atoms with van der Waals surface area (Å²) in [5, 5.41) is 12.1. The second kappa shape index (κ2) is 5.62. The highest BCUT2D eigenvalue weighted by Gasteiger charge is 2.09. The monoisotopic (exact) mass is 315 g/mol. The van der Waals surface area contributed by atoms with Crippen LogP contribution in [-0.4, -0.2) is 14.5 Å². The summed E-state index contributed by atoms with van der Waals surface area (Å²) >= 11 is 0. The highest BCUT2D eigenvalue weighted by Crippen LogP contribution is 2.28. The summed E-state index contributed by atoms with van der Waals surface area (Å²) in [5.74, 6) is 0. The van der Waals surface area contributed by atoms with E-state index in [9.17, 15) is 10.1 Å². The molecule has 0 aliphatic rings. The summed E-state index contributed by atoms with van der Waals surface area (Å²) in [6, 6.07) is 18.7. The number of non-ortho nitro benzene ring substituents is 1. The molecule has 0 unspecified atom stereocenters. The largest absolute Gasteiger partial charge is 0.315 e. The van der Waals surface area contributed by atoms with Gasteiger partial charge < -0.3 is 4.57 Å². The van der Waals surface area contributed by atoms with Crippen LogP contribution in [0.25, 0.3) is 27.7 Å². The molecule has 2 aromatic heterocycles. The third-order valence-corrected chi connectivity index (χ3v) is 4.01. The molecule has 24 heavy (non-hydrogen) atoms. The van der Waals surface area contributed by atoms with Crippen LogP contribution in [0.2, 0.25) is 0 Å². The molecule has 0 aliphatic heterocycles. The Kier molecular flexibility index (Phi) is 3.31. The number of rotatable bonds is 3.